The molecule has 1 aromatic carbocycles. The van der Waals surface area contributed by atoms with Crippen molar-refractivity contribution in [3.63, 3.8) is 0 Å². The monoisotopic (exact) mass is 388 g/mol. The van der Waals surface area contributed by atoms with E-state index in [2.05, 4.69) is 58.9 Å². The molecule has 0 saturated carbocycles. The Kier molecular flexibility index (Phi) is 7.72. The molecule has 20 heavy (non-hydrogen) atoms. The zero-order chi connectivity index (χ0) is 13.5. The van der Waals surface area contributed by atoms with Gasteiger partial charge in [-0.3, -0.25) is 4.99 Å². The Balaban J connectivity index is 0.00000200. The molecule has 2 N–H and O–H groups in total. The number of anilines is 1. The van der Waals surface area contributed by atoms with Gasteiger partial charge in [0.15, 0.2) is 5.96 Å². The summed E-state index contributed by atoms with van der Waals surface area (Å²) in [6.07, 6.45) is 3.37. The minimum absolute atomic E-state index is 0. The van der Waals surface area contributed by atoms with Gasteiger partial charge in [-0.25, -0.2) is 0 Å². The minimum atomic E-state index is 0. The van der Waals surface area contributed by atoms with Crippen molar-refractivity contribution in [2.24, 2.45) is 4.99 Å². The first-order chi connectivity index (χ1) is 9.25. The number of rotatable bonds is 5. The van der Waals surface area contributed by atoms with Crippen LogP contribution in [0, 0.1) is 0 Å². The van der Waals surface area contributed by atoms with Crippen molar-refractivity contribution in [1.29, 1.82) is 0 Å². The van der Waals surface area contributed by atoms with E-state index in [9.17, 15) is 0 Å². The predicted octanol–water partition coefficient (Wildman–Crippen LogP) is 2.24. The van der Waals surface area contributed by atoms with Crippen LogP contribution in [0.5, 0.6) is 0 Å². The van der Waals surface area contributed by atoms with E-state index in [0.29, 0.717) is 0 Å². The predicted molar refractivity (Wildman–Crippen MR) is 97.4 cm³/mol. The largest absolute Gasteiger partial charge is 0.378 e. The summed E-state index contributed by atoms with van der Waals surface area (Å²) < 4.78 is 0. The third-order valence-corrected chi connectivity index (χ3v) is 3.28. The molecule has 1 heterocycles. The van der Waals surface area contributed by atoms with Gasteiger partial charge in [-0.05, 0) is 37.0 Å². The third-order valence-electron chi connectivity index (χ3n) is 3.28. The number of aryl methyl sites for hydroxylation is 1. The maximum atomic E-state index is 4.39. The Bertz CT molecular complexity index is 414. The fourth-order valence-corrected chi connectivity index (χ4v) is 2.11. The quantitative estimate of drug-likeness (QED) is 0.601. The maximum Gasteiger partial charge on any atom is 0.191 e. The molecular formula is C15H25IN4. The van der Waals surface area contributed by atoms with Crippen LogP contribution in [-0.2, 0) is 6.42 Å². The highest BCUT2D eigenvalue weighted by molar-refractivity contribution is 14.0. The van der Waals surface area contributed by atoms with E-state index >= 15 is 0 Å². The number of hydrogen-bond donors (Lipinski definition) is 2. The maximum absolute atomic E-state index is 4.39. The Morgan fingerprint density at radius 1 is 1.25 bits per heavy atom. The lowest BCUT2D eigenvalue weighted by molar-refractivity contribution is 0.686. The second kappa shape index (κ2) is 9.05. The van der Waals surface area contributed by atoms with Crippen molar-refractivity contribution in [3.05, 3.63) is 29.8 Å². The second-order valence-corrected chi connectivity index (χ2v) is 5.10. The molecule has 0 aliphatic carbocycles. The Morgan fingerprint density at radius 3 is 2.60 bits per heavy atom. The lowest BCUT2D eigenvalue weighted by Gasteiger charge is -2.16. The summed E-state index contributed by atoms with van der Waals surface area (Å²) in [6.45, 7) is 2.96. The first-order valence-corrected chi connectivity index (χ1v) is 7.04. The van der Waals surface area contributed by atoms with Gasteiger partial charge in [0, 0.05) is 39.4 Å². The summed E-state index contributed by atoms with van der Waals surface area (Å²) in [6, 6.07) is 8.78. The first kappa shape index (κ1) is 17.1. The average Bonchev–Trinajstić information content (AvgIpc) is 2.45. The smallest absolute Gasteiger partial charge is 0.191 e. The molecule has 2 rings (SSSR count). The highest BCUT2D eigenvalue weighted by atomic mass is 127. The minimum Gasteiger partial charge on any atom is -0.378 e. The molecule has 0 spiro atoms. The van der Waals surface area contributed by atoms with Gasteiger partial charge in [-0.1, -0.05) is 12.1 Å². The summed E-state index contributed by atoms with van der Waals surface area (Å²) in [7, 11) is 4.13. The van der Waals surface area contributed by atoms with Crippen molar-refractivity contribution in [3.8, 4) is 0 Å². The van der Waals surface area contributed by atoms with Crippen molar-refractivity contribution in [2.45, 2.75) is 19.3 Å². The molecule has 1 aliphatic rings. The fourth-order valence-electron chi connectivity index (χ4n) is 2.11. The molecule has 0 radical (unpaired) electrons. The summed E-state index contributed by atoms with van der Waals surface area (Å²) >= 11 is 0. The van der Waals surface area contributed by atoms with E-state index in [1.54, 1.807) is 0 Å². The summed E-state index contributed by atoms with van der Waals surface area (Å²) in [4.78, 5) is 6.52. The van der Waals surface area contributed by atoms with Crippen LogP contribution in [0.15, 0.2) is 29.3 Å². The van der Waals surface area contributed by atoms with Crippen molar-refractivity contribution in [2.75, 3.05) is 38.6 Å². The molecule has 1 aromatic rings. The van der Waals surface area contributed by atoms with Crippen LogP contribution < -0.4 is 15.5 Å². The lowest BCUT2D eigenvalue weighted by Crippen LogP contribution is -2.41. The molecule has 0 aromatic heterocycles. The molecule has 4 nitrogen and oxygen atoms in total. The van der Waals surface area contributed by atoms with E-state index in [0.717, 1.165) is 44.9 Å². The van der Waals surface area contributed by atoms with E-state index in [1.165, 1.54) is 11.3 Å². The molecule has 5 heteroatoms. The zero-order valence-electron chi connectivity index (χ0n) is 12.4. The normalized spacial score (nSPS) is 13.8. The van der Waals surface area contributed by atoms with E-state index < -0.39 is 0 Å². The van der Waals surface area contributed by atoms with Crippen LogP contribution in [-0.4, -0.2) is 39.7 Å². The van der Waals surface area contributed by atoms with Crippen LogP contribution in [0.25, 0.3) is 0 Å². The van der Waals surface area contributed by atoms with Crippen molar-refractivity contribution < 1.29 is 0 Å². The lowest BCUT2D eigenvalue weighted by atomic mass is 10.1. The Morgan fingerprint density at radius 2 is 2.00 bits per heavy atom. The molecule has 0 bridgehead atoms. The van der Waals surface area contributed by atoms with Gasteiger partial charge in [0.25, 0.3) is 0 Å². The van der Waals surface area contributed by atoms with Gasteiger partial charge in [-0.2, -0.15) is 0 Å². The number of halogens is 1. The van der Waals surface area contributed by atoms with E-state index in [4.69, 9.17) is 0 Å². The van der Waals surface area contributed by atoms with E-state index in [1.807, 2.05) is 0 Å². The van der Waals surface area contributed by atoms with Crippen LogP contribution in [0.2, 0.25) is 0 Å². The van der Waals surface area contributed by atoms with Crippen molar-refractivity contribution in [1.82, 2.24) is 10.6 Å². The van der Waals surface area contributed by atoms with Gasteiger partial charge in [0.2, 0.25) is 0 Å². The number of guanidine groups is 1. The number of nitrogens with zero attached hydrogens (tertiary/aromatic N) is 2. The number of hydrogen-bond acceptors (Lipinski definition) is 4. The third kappa shape index (κ3) is 5.56. The molecule has 0 amide bonds. The number of nitrogens with one attached hydrogen (secondary N) is 2. The average molecular weight is 388 g/mol. The van der Waals surface area contributed by atoms with Gasteiger partial charge in [0.05, 0.1) is 0 Å². The highest BCUT2D eigenvalue weighted by Crippen LogP contribution is 2.13. The molecule has 0 atom stereocenters. The van der Waals surface area contributed by atoms with Crippen LogP contribution in [0.1, 0.15) is 18.4 Å². The van der Waals surface area contributed by atoms with Gasteiger partial charge < -0.3 is 15.5 Å². The van der Waals surface area contributed by atoms with Gasteiger partial charge >= 0.3 is 0 Å². The summed E-state index contributed by atoms with van der Waals surface area (Å²) in [5.74, 6) is 0.967. The highest BCUT2D eigenvalue weighted by Gasteiger charge is 2.02. The first-order valence-electron chi connectivity index (χ1n) is 7.04. The second-order valence-electron chi connectivity index (χ2n) is 5.10. The molecular weight excluding hydrogens is 363 g/mol. The number of aliphatic imine (C=N–C) groups is 1. The fraction of sp³-hybridized carbons (Fsp3) is 0.533. The van der Waals surface area contributed by atoms with Gasteiger partial charge in [0.1, 0.15) is 0 Å². The Hall–Kier alpha value is -0.980. The van der Waals surface area contributed by atoms with Crippen LogP contribution in [0.4, 0.5) is 5.69 Å². The van der Waals surface area contributed by atoms with Crippen LogP contribution in [0.3, 0.4) is 0 Å². The Labute approximate surface area is 139 Å². The SMILES string of the molecule is CN(C)c1ccc(CCCNC2=NCCCN2)cc1.I. The molecule has 1 aliphatic heterocycles. The number of benzene rings is 1. The molecule has 0 unspecified atom stereocenters. The van der Waals surface area contributed by atoms with E-state index in [-0.39, 0.29) is 24.0 Å². The molecule has 0 saturated heterocycles. The summed E-state index contributed by atoms with van der Waals surface area (Å²) in [5, 5.41) is 6.62. The topological polar surface area (TPSA) is 39.7 Å². The van der Waals surface area contributed by atoms with Crippen molar-refractivity contribution >= 4 is 35.6 Å². The van der Waals surface area contributed by atoms with Crippen LogP contribution >= 0.6 is 24.0 Å². The van der Waals surface area contributed by atoms with Gasteiger partial charge in [-0.15, -0.1) is 24.0 Å². The molecule has 0 fully saturated rings. The summed E-state index contributed by atoms with van der Waals surface area (Å²) in [5.41, 5.74) is 2.65. The molecule has 112 valence electrons. The zero-order valence-corrected chi connectivity index (χ0v) is 14.7. The standard InChI is InChI=1S/C15H24N4.HI/c1-19(2)14-8-6-13(7-9-14)5-3-10-16-15-17-11-4-12-18-15;/h6-9H,3-5,10-12H2,1-2H3,(H2,16,17,18);1H.